The van der Waals surface area contributed by atoms with Crippen LogP contribution < -0.4 is 0 Å². The maximum atomic E-state index is 12.4. The van der Waals surface area contributed by atoms with Crippen LogP contribution in [0.1, 0.15) is 26.2 Å². The Morgan fingerprint density at radius 3 is 2.62 bits per heavy atom. The van der Waals surface area contributed by atoms with Crippen LogP contribution in [-0.4, -0.2) is 38.3 Å². The van der Waals surface area contributed by atoms with Crippen LogP contribution in [0.4, 0.5) is 5.69 Å². The summed E-state index contributed by atoms with van der Waals surface area (Å²) >= 11 is 0. The van der Waals surface area contributed by atoms with Gasteiger partial charge in [-0.1, -0.05) is 6.07 Å². The monoisotopic (exact) mass is 310 g/mol. The second-order valence-corrected chi connectivity index (χ2v) is 6.85. The van der Waals surface area contributed by atoms with Crippen LogP contribution >= 0.6 is 0 Å². The van der Waals surface area contributed by atoms with Crippen molar-refractivity contribution in [2.24, 2.45) is 0 Å². The highest BCUT2D eigenvalue weighted by Crippen LogP contribution is 2.20. The van der Waals surface area contributed by atoms with Crippen LogP contribution in [0.3, 0.4) is 0 Å². The lowest BCUT2D eigenvalue weighted by Crippen LogP contribution is -2.42. The van der Waals surface area contributed by atoms with Gasteiger partial charge in [0, 0.05) is 30.1 Å². The van der Waals surface area contributed by atoms with Crippen LogP contribution in [0.25, 0.3) is 0 Å². The summed E-state index contributed by atoms with van der Waals surface area (Å²) < 4.78 is 12.4. The molecule has 0 saturated carbocycles. The number of nitro benzene ring substituents is 1. The highest BCUT2D eigenvalue weighted by atomic mass is 32.2. The summed E-state index contributed by atoms with van der Waals surface area (Å²) in [4.78, 5) is 24.6. The van der Waals surface area contributed by atoms with E-state index in [1.807, 2.05) is 0 Å². The van der Waals surface area contributed by atoms with Gasteiger partial charge in [0.25, 0.3) is 5.69 Å². The number of rotatable bonds is 4. The Labute approximate surface area is 125 Å². The average Bonchev–Trinajstić information content (AvgIpc) is 2.53. The first-order chi connectivity index (χ1) is 10.0. The molecule has 0 aliphatic carbocycles. The van der Waals surface area contributed by atoms with Gasteiger partial charge >= 0.3 is 0 Å². The molecule has 6 nitrogen and oxygen atoms in total. The van der Waals surface area contributed by atoms with Gasteiger partial charge in [-0.3, -0.25) is 19.1 Å². The molecule has 0 bridgehead atoms. The fourth-order valence-electron chi connectivity index (χ4n) is 2.39. The SMILES string of the molecule is CC(C(=O)N1CCCCC1)S(=O)c1cccc([N+](=O)[O-])c1. The molecule has 21 heavy (non-hydrogen) atoms. The Morgan fingerprint density at radius 1 is 1.33 bits per heavy atom. The Balaban J connectivity index is 2.13. The minimum atomic E-state index is -1.58. The molecular formula is C14H18N2O4S. The topological polar surface area (TPSA) is 80.5 Å². The Kier molecular flexibility index (Phi) is 5.06. The Hall–Kier alpha value is -1.76. The van der Waals surface area contributed by atoms with Crippen molar-refractivity contribution in [3.05, 3.63) is 34.4 Å². The minimum absolute atomic E-state index is 0.113. The molecule has 1 aromatic carbocycles. The van der Waals surface area contributed by atoms with Crippen molar-refractivity contribution < 1.29 is 13.9 Å². The van der Waals surface area contributed by atoms with Crippen LogP contribution in [0, 0.1) is 10.1 Å². The third-order valence-corrected chi connectivity index (χ3v) is 5.16. The molecule has 0 aromatic heterocycles. The van der Waals surface area contributed by atoms with Gasteiger partial charge in [-0.2, -0.15) is 0 Å². The molecule has 0 N–H and O–H groups in total. The number of nitro groups is 1. The first-order valence-electron chi connectivity index (χ1n) is 6.94. The first kappa shape index (κ1) is 15.6. The lowest BCUT2D eigenvalue weighted by Gasteiger charge is -2.28. The number of hydrogen-bond donors (Lipinski definition) is 0. The molecule has 114 valence electrons. The molecule has 2 rings (SSSR count). The van der Waals surface area contributed by atoms with E-state index in [4.69, 9.17) is 0 Å². The van der Waals surface area contributed by atoms with Gasteiger partial charge in [0.15, 0.2) is 0 Å². The van der Waals surface area contributed by atoms with E-state index in [9.17, 15) is 19.1 Å². The quantitative estimate of drug-likeness (QED) is 0.630. The second-order valence-electron chi connectivity index (χ2n) is 5.08. The molecule has 7 heteroatoms. The van der Waals surface area contributed by atoms with Crippen LogP contribution in [0.15, 0.2) is 29.2 Å². The third kappa shape index (κ3) is 3.66. The average molecular weight is 310 g/mol. The number of likely N-dealkylation sites (tertiary alicyclic amines) is 1. The molecule has 2 atom stereocenters. The highest BCUT2D eigenvalue weighted by molar-refractivity contribution is 7.86. The van der Waals surface area contributed by atoms with Crippen molar-refractivity contribution in [2.45, 2.75) is 36.3 Å². The Bertz CT molecular complexity index is 570. The summed E-state index contributed by atoms with van der Waals surface area (Å²) in [7, 11) is -1.58. The van der Waals surface area contributed by atoms with Crippen molar-refractivity contribution in [3.8, 4) is 0 Å². The van der Waals surface area contributed by atoms with Gasteiger partial charge in [0.2, 0.25) is 5.91 Å². The predicted molar refractivity (Wildman–Crippen MR) is 79.4 cm³/mol. The van der Waals surface area contributed by atoms with Gasteiger partial charge in [0.05, 0.1) is 15.7 Å². The van der Waals surface area contributed by atoms with Gasteiger partial charge in [-0.15, -0.1) is 0 Å². The molecule has 1 fully saturated rings. The molecule has 1 saturated heterocycles. The van der Waals surface area contributed by atoms with Crippen molar-refractivity contribution in [2.75, 3.05) is 13.1 Å². The normalized spacial score (nSPS) is 18.0. The number of carbonyl (C=O) groups is 1. The van der Waals surface area contributed by atoms with E-state index < -0.39 is 21.0 Å². The van der Waals surface area contributed by atoms with E-state index >= 15 is 0 Å². The fourth-order valence-corrected chi connectivity index (χ4v) is 3.58. The maximum absolute atomic E-state index is 12.4. The van der Waals surface area contributed by atoms with Crippen LogP contribution in [0.5, 0.6) is 0 Å². The summed E-state index contributed by atoms with van der Waals surface area (Å²) in [5, 5.41) is 10.1. The van der Waals surface area contributed by atoms with Gasteiger partial charge in [0.1, 0.15) is 5.25 Å². The predicted octanol–water partition coefficient (Wildman–Crippen LogP) is 2.10. The standard InChI is InChI=1S/C14H18N2O4S/c1-11(14(17)15-8-3-2-4-9-15)21(20)13-7-5-6-12(10-13)16(18)19/h5-7,10-11H,2-4,8-9H2,1H3. The number of non-ortho nitro benzene ring substituents is 1. The zero-order valence-electron chi connectivity index (χ0n) is 11.9. The summed E-state index contributed by atoms with van der Waals surface area (Å²) in [6.45, 7) is 3.02. The van der Waals surface area contributed by atoms with E-state index in [-0.39, 0.29) is 11.6 Å². The maximum Gasteiger partial charge on any atom is 0.270 e. The zero-order valence-corrected chi connectivity index (χ0v) is 12.7. The second kappa shape index (κ2) is 6.80. The summed E-state index contributed by atoms with van der Waals surface area (Å²) in [5.74, 6) is -0.139. The van der Waals surface area contributed by atoms with E-state index in [1.165, 1.54) is 18.2 Å². The minimum Gasteiger partial charge on any atom is -0.342 e. The molecule has 1 aromatic rings. The van der Waals surface area contributed by atoms with Crippen molar-refractivity contribution >= 4 is 22.4 Å². The zero-order chi connectivity index (χ0) is 15.4. The third-order valence-electron chi connectivity index (χ3n) is 3.60. The van der Waals surface area contributed by atoms with Gasteiger partial charge < -0.3 is 4.90 Å². The number of carbonyl (C=O) groups excluding carboxylic acids is 1. The highest BCUT2D eigenvalue weighted by Gasteiger charge is 2.27. The number of nitrogens with zero attached hydrogens (tertiary/aromatic N) is 2. The molecule has 1 amide bonds. The van der Waals surface area contributed by atoms with Crippen LogP contribution in [0.2, 0.25) is 0 Å². The van der Waals surface area contributed by atoms with E-state index in [1.54, 1.807) is 17.9 Å². The molecule has 2 unspecified atom stereocenters. The summed E-state index contributed by atoms with van der Waals surface area (Å²) in [5.41, 5.74) is -0.113. The molecular weight excluding hydrogens is 292 g/mol. The van der Waals surface area contributed by atoms with Gasteiger partial charge in [-0.05, 0) is 32.3 Å². The number of amides is 1. The lowest BCUT2D eigenvalue weighted by atomic mass is 10.1. The number of benzene rings is 1. The largest absolute Gasteiger partial charge is 0.342 e. The Morgan fingerprint density at radius 2 is 2.00 bits per heavy atom. The molecule has 0 spiro atoms. The van der Waals surface area contributed by atoms with Crippen molar-refractivity contribution in [3.63, 3.8) is 0 Å². The van der Waals surface area contributed by atoms with E-state index in [0.29, 0.717) is 18.0 Å². The smallest absolute Gasteiger partial charge is 0.270 e. The summed E-state index contributed by atoms with van der Waals surface area (Å²) in [6.07, 6.45) is 3.07. The van der Waals surface area contributed by atoms with E-state index in [2.05, 4.69) is 0 Å². The number of hydrogen-bond acceptors (Lipinski definition) is 4. The first-order valence-corrected chi connectivity index (χ1v) is 8.16. The molecule has 1 aliphatic rings. The van der Waals surface area contributed by atoms with E-state index in [0.717, 1.165) is 19.3 Å². The van der Waals surface area contributed by atoms with Crippen molar-refractivity contribution in [1.82, 2.24) is 4.90 Å². The molecule has 1 aliphatic heterocycles. The molecule has 0 radical (unpaired) electrons. The fraction of sp³-hybridized carbons (Fsp3) is 0.500. The van der Waals surface area contributed by atoms with Crippen LogP contribution in [-0.2, 0) is 15.6 Å². The molecule has 1 heterocycles. The lowest BCUT2D eigenvalue weighted by molar-refractivity contribution is -0.385. The summed E-state index contributed by atoms with van der Waals surface area (Å²) in [6, 6.07) is 5.67. The van der Waals surface area contributed by atoms with Gasteiger partial charge in [-0.25, -0.2) is 0 Å². The van der Waals surface area contributed by atoms with Crippen molar-refractivity contribution in [1.29, 1.82) is 0 Å². The number of piperidine rings is 1.